The van der Waals surface area contributed by atoms with Crippen molar-refractivity contribution in [3.8, 4) is 0 Å². The smallest absolute Gasteiger partial charge is 0.286 e. The Morgan fingerprint density at radius 1 is 1.54 bits per heavy atom. The summed E-state index contributed by atoms with van der Waals surface area (Å²) >= 11 is 0. The van der Waals surface area contributed by atoms with Crippen molar-refractivity contribution in [3.63, 3.8) is 0 Å². The number of unbranched alkanes of at least 4 members (excludes halogenated alkanes) is 1. The first-order valence-electron chi connectivity index (χ1n) is 4.27. The molecule has 0 aliphatic carbocycles. The summed E-state index contributed by atoms with van der Waals surface area (Å²) in [7, 11) is 0. The number of hydrogen-bond acceptors (Lipinski definition) is 3. The minimum Gasteiger partial charge on any atom is -0.459 e. The van der Waals surface area contributed by atoms with Gasteiger partial charge in [0.25, 0.3) is 5.91 Å². The number of hydrogen-bond donors (Lipinski definition) is 2. The Morgan fingerprint density at radius 3 is 3.00 bits per heavy atom. The highest BCUT2D eigenvalue weighted by atomic mass is 16.3. The molecule has 1 aromatic rings. The summed E-state index contributed by atoms with van der Waals surface area (Å²) in [5.74, 6) is 0.118. The largest absolute Gasteiger partial charge is 0.459 e. The normalized spacial score (nSPS) is 9.92. The molecular weight excluding hydrogens is 170 g/mol. The zero-order valence-corrected chi connectivity index (χ0v) is 7.32. The van der Waals surface area contributed by atoms with Gasteiger partial charge in [0, 0.05) is 13.2 Å². The van der Waals surface area contributed by atoms with Crippen LogP contribution in [0.2, 0.25) is 0 Å². The summed E-state index contributed by atoms with van der Waals surface area (Å²) in [6.45, 7) is 0.733. The fraction of sp³-hybridized carbons (Fsp3) is 0.444. The van der Waals surface area contributed by atoms with Crippen LogP contribution in [0.15, 0.2) is 22.8 Å². The standard InChI is InChI=1S/C9H13NO3/c11-6-2-1-5-10-9(12)8-4-3-7-13-8/h3-4,7,11H,1-2,5-6H2,(H,10,12). The lowest BCUT2D eigenvalue weighted by Gasteiger charge is -2.00. The fourth-order valence-corrected chi connectivity index (χ4v) is 0.934. The maximum absolute atomic E-state index is 11.2. The molecule has 1 aromatic heterocycles. The second kappa shape index (κ2) is 5.37. The number of carbonyl (C=O) groups excluding carboxylic acids is 1. The highest BCUT2D eigenvalue weighted by molar-refractivity contribution is 5.91. The molecule has 0 unspecified atom stereocenters. The van der Waals surface area contributed by atoms with Crippen LogP contribution < -0.4 is 5.32 Å². The summed E-state index contributed by atoms with van der Waals surface area (Å²) < 4.78 is 4.89. The molecule has 0 saturated heterocycles. The van der Waals surface area contributed by atoms with Crippen molar-refractivity contribution >= 4 is 5.91 Å². The van der Waals surface area contributed by atoms with Gasteiger partial charge in [-0.05, 0) is 25.0 Å². The van der Waals surface area contributed by atoms with E-state index in [0.717, 1.165) is 6.42 Å². The molecule has 0 bridgehead atoms. The minimum absolute atomic E-state index is 0.163. The zero-order chi connectivity index (χ0) is 9.52. The Labute approximate surface area is 76.6 Å². The molecule has 13 heavy (non-hydrogen) atoms. The van der Waals surface area contributed by atoms with Crippen LogP contribution in [0.4, 0.5) is 0 Å². The van der Waals surface area contributed by atoms with Gasteiger partial charge in [-0.1, -0.05) is 0 Å². The van der Waals surface area contributed by atoms with Crippen molar-refractivity contribution in [2.24, 2.45) is 0 Å². The highest BCUT2D eigenvalue weighted by Gasteiger charge is 2.05. The number of amides is 1. The number of rotatable bonds is 5. The maximum atomic E-state index is 11.2. The topological polar surface area (TPSA) is 62.5 Å². The average molecular weight is 183 g/mol. The lowest BCUT2D eigenvalue weighted by molar-refractivity contribution is 0.0924. The average Bonchev–Trinajstić information content (AvgIpc) is 2.65. The van der Waals surface area contributed by atoms with Crippen LogP contribution in [0.25, 0.3) is 0 Å². The fourth-order valence-electron chi connectivity index (χ4n) is 0.934. The monoisotopic (exact) mass is 183 g/mol. The zero-order valence-electron chi connectivity index (χ0n) is 7.32. The van der Waals surface area contributed by atoms with E-state index in [1.165, 1.54) is 6.26 Å². The van der Waals surface area contributed by atoms with E-state index in [1.807, 2.05) is 0 Å². The van der Waals surface area contributed by atoms with E-state index >= 15 is 0 Å². The van der Waals surface area contributed by atoms with Gasteiger partial charge >= 0.3 is 0 Å². The molecule has 4 heteroatoms. The van der Waals surface area contributed by atoms with Gasteiger partial charge in [-0.2, -0.15) is 0 Å². The SMILES string of the molecule is O=C(NCCCCO)c1ccco1. The number of aliphatic hydroxyl groups excluding tert-OH is 1. The molecule has 1 heterocycles. The lowest BCUT2D eigenvalue weighted by Crippen LogP contribution is -2.24. The number of nitrogens with one attached hydrogen (secondary N) is 1. The highest BCUT2D eigenvalue weighted by Crippen LogP contribution is 1.98. The summed E-state index contributed by atoms with van der Waals surface area (Å²) in [5.41, 5.74) is 0. The van der Waals surface area contributed by atoms with E-state index in [2.05, 4.69) is 5.32 Å². The Balaban J connectivity index is 2.19. The quantitative estimate of drug-likeness (QED) is 0.663. The van der Waals surface area contributed by atoms with Crippen LogP contribution in [0.3, 0.4) is 0 Å². The van der Waals surface area contributed by atoms with Gasteiger partial charge < -0.3 is 14.8 Å². The van der Waals surface area contributed by atoms with Crippen molar-refractivity contribution in [2.75, 3.05) is 13.2 Å². The molecule has 2 N–H and O–H groups in total. The molecule has 0 saturated carbocycles. The van der Waals surface area contributed by atoms with E-state index in [1.54, 1.807) is 12.1 Å². The third kappa shape index (κ3) is 3.29. The molecule has 0 radical (unpaired) electrons. The molecule has 0 fully saturated rings. The van der Waals surface area contributed by atoms with E-state index in [-0.39, 0.29) is 12.5 Å². The Hall–Kier alpha value is -1.29. The molecule has 72 valence electrons. The molecule has 0 atom stereocenters. The van der Waals surface area contributed by atoms with Crippen molar-refractivity contribution in [1.29, 1.82) is 0 Å². The van der Waals surface area contributed by atoms with Crippen molar-refractivity contribution < 1.29 is 14.3 Å². The van der Waals surface area contributed by atoms with Crippen molar-refractivity contribution in [3.05, 3.63) is 24.2 Å². The Morgan fingerprint density at radius 2 is 2.38 bits per heavy atom. The van der Waals surface area contributed by atoms with E-state index in [9.17, 15) is 4.79 Å². The van der Waals surface area contributed by atoms with Crippen LogP contribution in [0.5, 0.6) is 0 Å². The summed E-state index contributed by atoms with van der Waals surface area (Å²) in [6.07, 6.45) is 2.95. The van der Waals surface area contributed by atoms with Gasteiger partial charge in [0.05, 0.1) is 6.26 Å². The molecule has 0 spiro atoms. The van der Waals surface area contributed by atoms with E-state index in [0.29, 0.717) is 18.7 Å². The molecule has 4 nitrogen and oxygen atoms in total. The molecular formula is C9H13NO3. The summed E-state index contributed by atoms with van der Waals surface area (Å²) in [4.78, 5) is 11.2. The predicted octanol–water partition coefficient (Wildman–Crippen LogP) is 0.782. The summed E-state index contributed by atoms with van der Waals surface area (Å²) in [6, 6.07) is 3.28. The van der Waals surface area contributed by atoms with Gasteiger partial charge in [0.1, 0.15) is 0 Å². The van der Waals surface area contributed by atoms with Crippen LogP contribution in [0, 0.1) is 0 Å². The van der Waals surface area contributed by atoms with Crippen LogP contribution in [-0.2, 0) is 0 Å². The third-order valence-electron chi connectivity index (χ3n) is 1.62. The van der Waals surface area contributed by atoms with Crippen LogP contribution >= 0.6 is 0 Å². The number of carbonyl (C=O) groups is 1. The minimum atomic E-state index is -0.206. The molecule has 0 aliphatic heterocycles. The van der Waals surface area contributed by atoms with Gasteiger partial charge in [0.2, 0.25) is 0 Å². The third-order valence-corrected chi connectivity index (χ3v) is 1.62. The first-order valence-corrected chi connectivity index (χ1v) is 4.27. The van der Waals surface area contributed by atoms with Gasteiger partial charge in [0.15, 0.2) is 5.76 Å². The first kappa shape index (κ1) is 9.80. The molecule has 1 amide bonds. The molecule has 0 aliphatic rings. The second-order valence-electron chi connectivity index (χ2n) is 2.66. The first-order chi connectivity index (χ1) is 6.34. The summed E-state index contributed by atoms with van der Waals surface area (Å²) in [5, 5.41) is 11.2. The van der Waals surface area contributed by atoms with Gasteiger partial charge in [-0.15, -0.1) is 0 Å². The Kier molecular flexibility index (Phi) is 4.05. The molecule has 0 aromatic carbocycles. The van der Waals surface area contributed by atoms with Crippen molar-refractivity contribution in [1.82, 2.24) is 5.32 Å². The molecule has 1 rings (SSSR count). The van der Waals surface area contributed by atoms with Crippen LogP contribution in [-0.4, -0.2) is 24.2 Å². The second-order valence-corrected chi connectivity index (χ2v) is 2.66. The number of furan rings is 1. The van der Waals surface area contributed by atoms with Crippen molar-refractivity contribution in [2.45, 2.75) is 12.8 Å². The predicted molar refractivity (Wildman–Crippen MR) is 47.4 cm³/mol. The van der Waals surface area contributed by atoms with Gasteiger partial charge in [-0.3, -0.25) is 4.79 Å². The Bertz CT molecular complexity index is 243. The van der Waals surface area contributed by atoms with E-state index < -0.39 is 0 Å². The van der Waals surface area contributed by atoms with Crippen LogP contribution in [0.1, 0.15) is 23.4 Å². The lowest BCUT2D eigenvalue weighted by atomic mass is 10.3. The number of aliphatic hydroxyl groups is 1. The maximum Gasteiger partial charge on any atom is 0.286 e. The van der Waals surface area contributed by atoms with E-state index in [4.69, 9.17) is 9.52 Å². The van der Waals surface area contributed by atoms with Gasteiger partial charge in [-0.25, -0.2) is 0 Å².